The molecule has 0 saturated heterocycles. The predicted molar refractivity (Wildman–Crippen MR) is 101 cm³/mol. The maximum Gasteiger partial charge on any atom is 0.251 e. The molecule has 1 aromatic carbocycles. The molecule has 140 valence electrons. The van der Waals surface area contributed by atoms with Gasteiger partial charge in [-0.1, -0.05) is 31.1 Å². The molecule has 2 heterocycles. The molecule has 0 radical (unpaired) electrons. The van der Waals surface area contributed by atoms with Crippen LogP contribution in [-0.4, -0.2) is 26.0 Å². The van der Waals surface area contributed by atoms with Gasteiger partial charge in [0.15, 0.2) is 5.82 Å². The lowest BCUT2D eigenvalue weighted by Gasteiger charge is -2.10. The Hall–Kier alpha value is -3.29. The van der Waals surface area contributed by atoms with Gasteiger partial charge in [-0.05, 0) is 25.0 Å². The highest BCUT2D eigenvalue weighted by atomic mass is 16.5. The van der Waals surface area contributed by atoms with Crippen LogP contribution in [0.3, 0.4) is 0 Å². The van der Waals surface area contributed by atoms with E-state index < -0.39 is 0 Å². The molecule has 8 nitrogen and oxygen atoms in total. The maximum absolute atomic E-state index is 12.5. The molecule has 0 fully saturated rings. The highest BCUT2D eigenvalue weighted by Gasteiger charge is 2.18. The van der Waals surface area contributed by atoms with Crippen LogP contribution in [0.2, 0.25) is 0 Å². The first-order valence-electron chi connectivity index (χ1n) is 8.73. The number of nitrogens with zero attached hydrogens (tertiary/aromatic N) is 4. The van der Waals surface area contributed by atoms with E-state index in [4.69, 9.17) is 10.3 Å². The molecule has 8 heteroatoms. The van der Waals surface area contributed by atoms with Gasteiger partial charge in [-0.3, -0.25) is 9.78 Å². The zero-order valence-corrected chi connectivity index (χ0v) is 15.5. The van der Waals surface area contributed by atoms with Crippen molar-refractivity contribution in [2.75, 3.05) is 5.73 Å². The fraction of sp³-hybridized carbons (Fsp3) is 0.316. The van der Waals surface area contributed by atoms with Crippen molar-refractivity contribution in [3.63, 3.8) is 0 Å². The third kappa shape index (κ3) is 4.66. The summed E-state index contributed by atoms with van der Waals surface area (Å²) in [7, 11) is 0. The predicted octanol–water partition coefficient (Wildman–Crippen LogP) is 2.80. The molecule has 0 aliphatic heterocycles. The second-order valence-electron chi connectivity index (χ2n) is 6.75. The van der Waals surface area contributed by atoms with Crippen LogP contribution in [0, 0.1) is 5.92 Å². The average Bonchev–Trinajstić information content (AvgIpc) is 3.09. The highest BCUT2D eigenvalue weighted by molar-refractivity contribution is 5.94. The summed E-state index contributed by atoms with van der Waals surface area (Å²) in [5.74, 6) is 1.60. The van der Waals surface area contributed by atoms with E-state index in [1.54, 1.807) is 37.4 Å². The van der Waals surface area contributed by atoms with Gasteiger partial charge in [0, 0.05) is 17.5 Å². The van der Waals surface area contributed by atoms with Gasteiger partial charge in [0.2, 0.25) is 5.89 Å². The van der Waals surface area contributed by atoms with Crippen molar-refractivity contribution < 1.29 is 9.32 Å². The zero-order valence-electron chi connectivity index (χ0n) is 15.5. The summed E-state index contributed by atoms with van der Waals surface area (Å²) in [6, 6.07) is 6.67. The molecule has 0 saturated carbocycles. The number of nitrogen functional groups attached to an aromatic ring is 1. The molecule has 0 spiro atoms. The lowest BCUT2D eigenvalue weighted by molar-refractivity contribution is 0.0932. The van der Waals surface area contributed by atoms with Gasteiger partial charge in [-0.2, -0.15) is 4.98 Å². The minimum absolute atomic E-state index is 0.226. The summed E-state index contributed by atoms with van der Waals surface area (Å²) < 4.78 is 5.25. The van der Waals surface area contributed by atoms with Gasteiger partial charge in [0.1, 0.15) is 11.9 Å². The Morgan fingerprint density at radius 2 is 1.89 bits per heavy atom. The third-order valence-corrected chi connectivity index (χ3v) is 3.89. The molecule has 0 aliphatic rings. The SMILES string of the molecule is CC(C)Cc1noc(C(C)NC(=O)c2ccc(-c3cncc(N)n3)cc2)n1. The lowest BCUT2D eigenvalue weighted by Crippen LogP contribution is -2.26. The summed E-state index contributed by atoms with van der Waals surface area (Å²) in [6.45, 7) is 5.97. The number of nitrogens with one attached hydrogen (secondary N) is 1. The number of hydrogen-bond donors (Lipinski definition) is 2. The first-order chi connectivity index (χ1) is 12.9. The van der Waals surface area contributed by atoms with E-state index in [9.17, 15) is 4.79 Å². The van der Waals surface area contributed by atoms with Gasteiger partial charge in [0.05, 0.1) is 18.1 Å². The smallest absolute Gasteiger partial charge is 0.251 e. The fourth-order valence-corrected chi connectivity index (χ4v) is 2.55. The number of anilines is 1. The third-order valence-electron chi connectivity index (χ3n) is 3.89. The molecule has 0 bridgehead atoms. The number of benzene rings is 1. The van der Waals surface area contributed by atoms with Gasteiger partial charge >= 0.3 is 0 Å². The van der Waals surface area contributed by atoms with Crippen LogP contribution >= 0.6 is 0 Å². The highest BCUT2D eigenvalue weighted by Crippen LogP contribution is 2.18. The summed E-state index contributed by atoms with van der Waals surface area (Å²) in [5.41, 5.74) is 7.65. The number of rotatable bonds is 6. The van der Waals surface area contributed by atoms with Crippen molar-refractivity contribution in [2.45, 2.75) is 33.2 Å². The second-order valence-corrected chi connectivity index (χ2v) is 6.75. The van der Waals surface area contributed by atoms with E-state index in [2.05, 4.69) is 39.3 Å². The number of carbonyl (C=O) groups excluding carboxylic acids is 1. The van der Waals surface area contributed by atoms with Crippen LogP contribution < -0.4 is 11.1 Å². The first kappa shape index (κ1) is 18.5. The Balaban J connectivity index is 1.66. The average molecular weight is 366 g/mol. The molecule has 1 atom stereocenters. The van der Waals surface area contributed by atoms with E-state index in [-0.39, 0.29) is 11.9 Å². The van der Waals surface area contributed by atoms with E-state index >= 15 is 0 Å². The Kier molecular flexibility index (Phi) is 5.44. The summed E-state index contributed by atoms with van der Waals surface area (Å²) >= 11 is 0. The molecule has 3 aromatic rings. The summed E-state index contributed by atoms with van der Waals surface area (Å²) in [4.78, 5) is 25.0. The number of amides is 1. The van der Waals surface area contributed by atoms with E-state index in [1.165, 1.54) is 6.20 Å². The van der Waals surface area contributed by atoms with Crippen molar-refractivity contribution >= 4 is 11.7 Å². The Bertz CT molecular complexity index is 920. The van der Waals surface area contributed by atoms with Crippen molar-refractivity contribution in [2.24, 2.45) is 5.92 Å². The normalized spacial score (nSPS) is 12.1. The van der Waals surface area contributed by atoms with Crippen molar-refractivity contribution in [3.8, 4) is 11.3 Å². The fourth-order valence-electron chi connectivity index (χ4n) is 2.55. The van der Waals surface area contributed by atoms with Gasteiger partial charge in [0.25, 0.3) is 5.91 Å². The lowest BCUT2D eigenvalue weighted by atomic mass is 10.1. The number of aromatic nitrogens is 4. The molecule has 1 amide bonds. The first-order valence-corrected chi connectivity index (χ1v) is 8.73. The molecule has 2 aromatic heterocycles. The molecule has 3 rings (SSSR count). The molecule has 0 aliphatic carbocycles. The summed E-state index contributed by atoms with van der Waals surface area (Å²) in [5, 5.41) is 6.81. The second kappa shape index (κ2) is 7.94. The Morgan fingerprint density at radius 1 is 1.15 bits per heavy atom. The van der Waals surface area contributed by atoms with Gasteiger partial charge in [-0.15, -0.1) is 0 Å². The van der Waals surface area contributed by atoms with Crippen molar-refractivity contribution in [1.29, 1.82) is 0 Å². The van der Waals surface area contributed by atoms with Crippen LogP contribution in [0.4, 0.5) is 5.82 Å². The van der Waals surface area contributed by atoms with E-state index in [1.807, 2.05) is 0 Å². The minimum atomic E-state index is -0.384. The van der Waals surface area contributed by atoms with Crippen LogP contribution in [0.25, 0.3) is 11.3 Å². The zero-order chi connectivity index (χ0) is 19.4. The van der Waals surface area contributed by atoms with Crippen LogP contribution in [0.1, 0.15) is 48.9 Å². The van der Waals surface area contributed by atoms with Crippen LogP contribution in [0.5, 0.6) is 0 Å². The van der Waals surface area contributed by atoms with Crippen molar-refractivity contribution in [1.82, 2.24) is 25.4 Å². The maximum atomic E-state index is 12.5. The standard InChI is InChI=1S/C19H22N6O2/c1-11(2)8-17-24-19(27-25-17)12(3)22-18(26)14-6-4-13(5-7-14)15-9-21-10-16(20)23-15/h4-7,9-12H,8H2,1-3H3,(H2,20,23)(H,22,26). The van der Waals surface area contributed by atoms with Crippen molar-refractivity contribution in [3.05, 3.63) is 53.9 Å². The molecule has 3 N–H and O–H groups in total. The number of nitrogens with two attached hydrogens (primary N) is 1. The monoisotopic (exact) mass is 366 g/mol. The molecule has 27 heavy (non-hydrogen) atoms. The van der Waals surface area contributed by atoms with Crippen LogP contribution in [-0.2, 0) is 6.42 Å². The van der Waals surface area contributed by atoms with E-state index in [0.717, 1.165) is 12.0 Å². The molecule has 1 unspecified atom stereocenters. The van der Waals surface area contributed by atoms with Gasteiger partial charge in [-0.25, -0.2) is 4.98 Å². The van der Waals surface area contributed by atoms with Gasteiger partial charge < -0.3 is 15.6 Å². The largest absolute Gasteiger partial charge is 0.382 e. The van der Waals surface area contributed by atoms with Crippen LogP contribution in [0.15, 0.2) is 41.2 Å². The summed E-state index contributed by atoms with van der Waals surface area (Å²) in [6.07, 6.45) is 3.84. The minimum Gasteiger partial charge on any atom is -0.382 e. The number of hydrogen-bond acceptors (Lipinski definition) is 7. The number of carbonyl (C=O) groups is 1. The topological polar surface area (TPSA) is 120 Å². The Morgan fingerprint density at radius 3 is 2.56 bits per heavy atom. The molecular weight excluding hydrogens is 344 g/mol. The Labute approximate surface area is 157 Å². The molecular formula is C19H22N6O2. The van der Waals surface area contributed by atoms with E-state index in [0.29, 0.717) is 34.7 Å². The quantitative estimate of drug-likeness (QED) is 0.688.